The van der Waals surface area contributed by atoms with Crippen LogP contribution in [-0.4, -0.2) is 32.1 Å². The van der Waals surface area contributed by atoms with Gasteiger partial charge in [0.1, 0.15) is 5.82 Å². The lowest BCUT2D eigenvalue weighted by molar-refractivity contribution is 0.0575. The van der Waals surface area contributed by atoms with E-state index in [0.29, 0.717) is 12.0 Å². The number of benzene rings is 1. The third-order valence-electron chi connectivity index (χ3n) is 3.45. The van der Waals surface area contributed by atoms with E-state index in [2.05, 4.69) is 5.32 Å². The van der Waals surface area contributed by atoms with Gasteiger partial charge in [-0.15, -0.1) is 11.8 Å². The van der Waals surface area contributed by atoms with Gasteiger partial charge in [0, 0.05) is 29.9 Å². The van der Waals surface area contributed by atoms with Gasteiger partial charge in [-0.3, -0.25) is 0 Å². The topological polar surface area (TPSA) is 21.3 Å². The van der Waals surface area contributed by atoms with Gasteiger partial charge in [0.2, 0.25) is 0 Å². The lowest BCUT2D eigenvalue weighted by Gasteiger charge is -2.29. The summed E-state index contributed by atoms with van der Waals surface area (Å²) >= 11 is 1.79. The third-order valence-corrected chi connectivity index (χ3v) is 4.58. The minimum atomic E-state index is -0.172. The van der Waals surface area contributed by atoms with Crippen LogP contribution in [0.3, 0.4) is 0 Å². The molecule has 0 bridgehead atoms. The summed E-state index contributed by atoms with van der Waals surface area (Å²) in [6.45, 7) is 1.76. The average molecular weight is 269 g/mol. The van der Waals surface area contributed by atoms with Crippen molar-refractivity contribution in [2.75, 3.05) is 26.0 Å². The van der Waals surface area contributed by atoms with Crippen molar-refractivity contribution in [2.24, 2.45) is 5.92 Å². The Hall–Kier alpha value is -0.580. The van der Waals surface area contributed by atoms with Crippen molar-refractivity contribution in [2.45, 2.75) is 23.8 Å². The van der Waals surface area contributed by atoms with E-state index >= 15 is 0 Å². The lowest BCUT2D eigenvalue weighted by atomic mass is 9.93. The smallest absolute Gasteiger partial charge is 0.123 e. The number of hydrogen-bond donors (Lipinski definition) is 1. The van der Waals surface area contributed by atoms with E-state index in [1.54, 1.807) is 11.8 Å². The highest BCUT2D eigenvalue weighted by atomic mass is 32.2. The molecule has 0 amide bonds. The zero-order chi connectivity index (χ0) is 12.8. The first-order valence-corrected chi connectivity index (χ1v) is 7.41. The fourth-order valence-electron chi connectivity index (χ4n) is 2.29. The molecule has 0 saturated carbocycles. The van der Waals surface area contributed by atoms with E-state index in [9.17, 15) is 4.39 Å². The quantitative estimate of drug-likeness (QED) is 0.830. The van der Waals surface area contributed by atoms with Crippen LogP contribution in [0.5, 0.6) is 0 Å². The number of hydrogen-bond acceptors (Lipinski definition) is 3. The second-order valence-electron chi connectivity index (χ2n) is 4.61. The van der Waals surface area contributed by atoms with Gasteiger partial charge < -0.3 is 10.1 Å². The van der Waals surface area contributed by atoms with Crippen LogP contribution < -0.4 is 5.32 Å². The summed E-state index contributed by atoms with van der Waals surface area (Å²) in [5, 5.41) is 3.40. The molecule has 100 valence electrons. The van der Waals surface area contributed by atoms with E-state index in [1.807, 2.05) is 19.2 Å². The molecule has 4 heteroatoms. The van der Waals surface area contributed by atoms with Gasteiger partial charge in [-0.05, 0) is 50.1 Å². The van der Waals surface area contributed by atoms with E-state index in [4.69, 9.17) is 4.74 Å². The monoisotopic (exact) mass is 269 g/mol. The fourth-order valence-corrected chi connectivity index (χ4v) is 3.43. The molecule has 1 aromatic carbocycles. The number of halogens is 1. The van der Waals surface area contributed by atoms with Gasteiger partial charge in [-0.25, -0.2) is 4.39 Å². The summed E-state index contributed by atoms with van der Waals surface area (Å²) in [5.41, 5.74) is 0. The molecule has 1 aliphatic heterocycles. The number of thioether (sulfide) groups is 1. The maximum absolute atomic E-state index is 12.8. The van der Waals surface area contributed by atoms with Gasteiger partial charge in [-0.2, -0.15) is 0 Å². The van der Waals surface area contributed by atoms with Gasteiger partial charge in [0.05, 0.1) is 0 Å². The Morgan fingerprint density at radius 1 is 1.33 bits per heavy atom. The van der Waals surface area contributed by atoms with Crippen LogP contribution in [0.2, 0.25) is 0 Å². The van der Waals surface area contributed by atoms with Crippen molar-refractivity contribution in [1.29, 1.82) is 0 Å². The van der Waals surface area contributed by atoms with Crippen molar-refractivity contribution in [3.63, 3.8) is 0 Å². The van der Waals surface area contributed by atoms with Crippen LogP contribution in [-0.2, 0) is 4.74 Å². The molecule has 0 aromatic heterocycles. The van der Waals surface area contributed by atoms with Crippen LogP contribution >= 0.6 is 11.8 Å². The Kier molecular flexibility index (Phi) is 5.47. The number of rotatable bonds is 5. The summed E-state index contributed by atoms with van der Waals surface area (Å²) in [6.07, 6.45) is 2.27. The number of nitrogens with one attached hydrogen (secondary N) is 1. The first-order valence-electron chi connectivity index (χ1n) is 6.43. The highest BCUT2D eigenvalue weighted by molar-refractivity contribution is 7.99. The van der Waals surface area contributed by atoms with E-state index in [-0.39, 0.29) is 5.82 Å². The molecule has 1 aliphatic rings. The Morgan fingerprint density at radius 3 is 2.61 bits per heavy atom. The summed E-state index contributed by atoms with van der Waals surface area (Å²) in [7, 11) is 2.02. The van der Waals surface area contributed by atoms with Crippen LogP contribution in [0.15, 0.2) is 29.2 Å². The SMILES string of the molecule is CNC(CSc1ccc(F)cc1)C1CCOCC1. The Morgan fingerprint density at radius 2 is 2.00 bits per heavy atom. The van der Waals surface area contributed by atoms with Gasteiger partial charge >= 0.3 is 0 Å². The Bertz CT molecular complexity index is 351. The molecule has 1 aromatic rings. The summed E-state index contributed by atoms with van der Waals surface area (Å²) in [5.74, 6) is 1.54. The van der Waals surface area contributed by atoms with E-state index in [1.165, 1.54) is 12.1 Å². The van der Waals surface area contributed by atoms with E-state index in [0.717, 1.165) is 36.7 Å². The minimum Gasteiger partial charge on any atom is -0.381 e. The summed E-state index contributed by atoms with van der Waals surface area (Å²) in [6, 6.07) is 7.23. The third kappa shape index (κ3) is 3.97. The first kappa shape index (κ1) is 13.8. The Balaban J connectivity index is 1.84. The fraction of sp³-hybridized carbons (Fsp3) is 0.571. The molecule has 0 radical (unpaired) electrons. The lowest BCUT2D eigenvalue weighted by Crippen LogP contribution is -2.38. The molecule has 0 spiro atoms. The molecule has 2 nitrogen and oxygen atoms in total. The van der Waals surface area contributed by atoms with Crippen molar-refractivity contribution in [3.05, 3.63) is 30.1 Å². The second kappa shape index (κ2) is 7.12. The molecule has 1 fully saturated rings. The zero-order valence-corrected chi connectivity index (χ0v) is 11.5. The predicted octanol–water partition coefficient (Wildman–Crippen LogP) is 2.93. The van der Waals surface area contributed by atoms with Gasteiger partial charge in [-0.1, -0.05) is 0 Å². The second-order valence-corrected chi connectivity index (χ2v) is 5.70. The van der Waals surface area contributed by atoms with Crippen molar-refractivity contribution < 1.29 is 9.13 Å². The van der Waals surface area contributed by atoms with Crippen molar-refractivity contribution in [1.82, 2.24) is 5.32 Å². The molecular formula is C14H20FNOS. The van der Waals surface area contributed by atoms with Crippen LogP contribution in [0.1, 0.15) is 12.8 Å². The number of ether oxygens (including phenoxy) is 1. The van der Waals surface area contributed by atoms with Crippen LogP contribution in [0.25, 0.3) is 0 Å². The molecule has 18 heavy (non-hydrogen) atoms. The maximum atomic E-state index is 12.8. The average Bonchev–Trinajstić information content (AvgIpc) is 2.43. The largest absolute Gasteiger partial charge is 0.381 e. The standard InChI is InChI=1S/C14H20FNOS/c1-16-14(11-6-8-17-9-7-11)10-18-13-4-2-12(15)3-5-13/h2-5,11,14,16H,6-10H2,1H3. The molecule has 1 saturated heterocycles. The van der Waals surface area contributed by atoms with Gasteiger partial charge in [0.15, 0.2) is 0 Å². The molecule has 1 N–H and O–H groups in total. The molecule has 1 heterocycles. The maximum Gasteiger partial charge on any atom is 0.123 e. The summed E-state index contributed by atoms with van der Waals surface area (Å²) in [4.78, 5) is 1.13. The van der Waals surface area contributed by atoms with Crippen molar-refractivity contribution >= 4 is 11.8 Å². The molecule has 1 unspecified atom stereocenters. The molecule has 2 rings (SSSR count). The van der Waals surface area contributed by atoms with Crippen LogP contribution in [0.4, 0.5) is 4.39 Å². The normalized spacial score (nSPS) is 18.8. The van der Waals surface area contributed by atoms with Gasteiger partial charge in [0.25, 0.3) is 0 Å². The minimum absolute atomic E-state index is 0.172. The molecule has 0 aliphatic carbocycles. The summed E-state index contributed by atoms with van der Waals surface area (Å²) < 4.78 is 18.2. The Labute approximate surface area is 112 Å². The van der Waals surface area contributed by atoms with Crippen LogP contribution in [0, 0.1) is 11.7 Å². The first-order chi connectivity index (χ1) is 8.79. The molecule has 1 atom stereocenters. The van der Waals surface area contributed by atoms with Crippen molar-refractivity contribution in [3.8, 4) is 0 Å². The highest BCUT2D eigenvalue weighted by Crippen LogP contribution is 2.25. The zero-order valence-electron chi connectivity index (χ0n) is 10.7. The molecular weight excluding hydrogens is 249 g/mol. The predicted molar refractivity (Wildman–Crippen MR) is 73.5 cm³/mol. The van der Waals surface area contributed by atoms with E-state index < -0.39 is 0 Å². The highest BCUT2D eigenvalue weighted by Gasteiger charge is 2.22.